The summed E-state index contributed by atoms with van der Waals surface area (Å²) in [6.45, 7) is 0.870. The third kappa shape index (κ3) is 4.27. The number of alkyl halides is 3. The normalized spacial score (nSPS) is 24.5. The summed E-state index contributed by atoms with van der Waals surface area (Å²) in [6.07, 6.45) is -2.40. The molecule has 1 fully saturated rings. The standard InChI is InChI=1S/C19H21F6N5.ClH/c20-13-8-15(22)14(21)7-12(13)18(10-26)3-1-11(2-4-18)29-5-6-30-16(9-29)27-28-17(30)19(23,24)25;/h7-8,11H,1-6,9-10,26H2;1H/t11-,18+;. The lowest BCUT2D eigenvalue weighted by molar-refractivity contribution is -0.148. The molecule has 0 amide bonds. The number of nitrogens with two attached hydrogens (primary N) is 1. The Balaban J connectivity index is 0.00000272. The van der Waals surface area contributed by atoms with Gasteiger partial charge in [-0.05, 0) is 37.3 Å². The zero-order chi connectivity index (χ0) is 21.7. The molecule has 2 aromatic rings. The van der Waals surface area contributed by atoms with E-state index in [1.165, 1.54) is 0 Å². The van der Waals surface area contributed by atoms with Crippen molar-refractivity contribution in [2.45, 2.75) is 56.4 Å². The Bertz CT molecular complexity index is 939. The minimum Gasteiger partial charge on any atom is -0.330 e. The molecule has 5 nitrogen and oxygen atoms in total. The van der Waals surface area contributed by atoms with Gasteiger partial charge in [0.2, 0.25) is 5.82 Å². The molecule has 1 aliphatic carbocycles. The van der Waals surface area contributed by atoms with E-state index in [0.29, 0.717) is 38.3 Å². The van der Waals surface area contributed by atoms with Crippen molar-refractivity contribution in [1.29, 1.82) is 0 Å². The number of hydrogen-bond donors (Lipinski definition) is 1. The van der Waals surface area contributed by atoms with Crippen molar-refractivity contribution in [2.75, 3.05) is 13.1 Å². The number of aromatic nitrogens is 3. The molecule has 1 aliphatic heterocycles. The predicted octanol–water partition coefficient (Wildman–Crippen LogP) is 3.79. The van der Waals surface area contributed by atoms with Gasteiger partial charge in [0.05, 0.1) is 6.54 Å². The number of benzene rings is 1. The number of nitrogens with zero attached hydrogens (tertiary/aromatic N) is 4. The molecule has 0 saturated heterocycles. The van der Waals surface area contributed by atoms with Crippen LogP contribution in [0.2, 0.25) is 0 Å². The predicted molar refractivity (Wildman–Crippen MR) is 102 cm³/mol. The first-order valence-corrected chi connectivity index (χ1v) is 9.73. The van der Waals surface area contributed by atoms with Gasteiger partial charge in [-0.2, -0.15) is 13.2 Å². The topological polar surface area (TPSA) is 60.0 Å². The molecular weight excluding hydrogens is 448 g/mol. The summed E-state index contributed by atoms with van der Waals surface area (Å²) >= 11 is 0. The van der Waals surface area contributed by atoms with E-state index in [1.54, 1.807) is 0 Å². The minimum absolute atomic E-state index is 0. The van der Waals surface area contributed by atoms with E-state index in [4.69, 9.17) is 5.73 Å². The smallest absolute Gasteiger partial charge is 0.330 e. The van der Waals surface area contributed by atoms with Crippen LogP contribution in [0.25, 0.3) is 0 Å². The van der Waals surface area contributed by atoms with E-state index in [9.17, 15) is 26.3 Å². The molecule has 0 unspecified atom stereocenters. The SMILES string of the molecule is Cl.NC[C@]1(c2cc(F)c(F)cc2F)CC[C@@H](N2CCn3c(nnc3C(F)(F)F)C2)CC1. The van der Waals surface area contributed by atoms with Crippen molar-refractivity contribution in [2.24, 2.45) is 5.73 Å². The lowest BCUT2D eigenvalue weighted by Crippen LogP contribution is -2.48. The maximum Gasteiger partial charge on any atom is 0.451 e. The highest BCUT2D eigenvalue weighted by Gasteiger charge is 2.42. The zero-order valence-electron chi connectivity index (χ0n) is 16.4. The second-order valence-corrected chi connectivity index (χ2v) is 8.02. The van der Waals surface area contributed by atoms with Gasteiger partial charge >= 0.3 is 6.18 Å². The summed E-state index contributed by atoms with van der Waals surface area (Å²) in [5.41, 5.74) is 5.22. The Morgan fingerprint density at radius 3 is 2.26 bits per heavy atom. The molecule has 2 N–H and O–H groups in total. The average molecular weight is 470 g/mol. The number of halogens is 7. The van der Waals surface area contributed by atoms with Crippen LogP contribution in [0, 0.1) is 17.5 Å². The second-order valence-electron chi connectivity index (χ2n) is 8.02. The Morgan fingerprint density at radius 2 is 1.65 bits per heavy atom. The molecule has 31 heavy (non-hydrogen) atoms. The Labute approximate surface area is 181 Å². The van der Waals surface area contributed by atoms with Gasteiger partial charge in [0, 0.05) is 37.2 Å². The van der Waals surface area contributed by atoms with Crippen molar-refractivity contribution in [3.8, 4) is 0 Å². The van der Waals surface area contributed by atoms with E-state index in [1.807, 2.05) is 4.90 Å². The van der Waals surface area contributed by atoms with Crippen LogP contribution in [-0.2, 0) is 24.7 Å². The molecule has 0 radical (unpaired) electrons. The Hall–Kier alpha value is -1.85. The highest BCUT2D eigenvalue weighted by molar-refractivity contribution is 5.85. The van der Waals surface area contributed by atoms with Crippen LogP contribution < -0.4 is 5.73 Å². The van der Waals surface area contributed by atoms with Crippen LogP contribution in [0.3, 0.4) is 0 Å². The lowest BCUT2D eigenvalue weighted by atomic mass is 9.67. The molecule has 4 rings (SSSR count). The van der Waals surface area contributed by atoms with Crippen LogP contribution in [0.5, 0.6) is 0 Å². The average Bonchev–Trinajstić information content (AvgIpc) is 3.14. The van der Waals surface area contributed by atoms with Gasteiger partial charge in [-0.3, -0.25) is 4.90 Å². The molecule has 2 aliphatic rings. The molecule has 1 aromatic carbocycles. The first-order valence-electron chi connectivity index (χ1n) is 9.73. The largest absolute Gasteiger partial charge is 0.451 e. The molecule has 12 heteroatoms. The van der Waals surface area contributed by atoms with Crippen molar-refractivity contribution in [1.82, 2.24) is 19.7 Å². The molecule has 0 atom stereocenters. The fraction of sp³-hybridized carbons (Fsp3) is 0.579. The van der Waals surface area contributed by atoms with Gasteiger partial charge in [0.1, 0.15) is 11.6 Å². The summed E-state index contributed by atoms with van der Waals surface area (Å²) < 4.78 is 81.5. The van der Waals surface area contributed by atoms with Gasteiger partial charge in [-0.15, -0.1) is 22.6 Å². The minimum atomic E-state index is -4.55. The fourth-order valence-corrected chi connectivity index (χ4v) is 4.73. The Morgan fingerprint density at radius 1 is 1.00 bits per heavy atom. The highest BCUT2D eigenvalue weighted by atomic mass is 35.5. The summed E-state index contributed by atoms with van der Waals surface area (Å²) in [5, 5.41) is 6.98. The molecule has 2 heterocycles. The third-order valence-electron chi connectivity index (χ3n) is 6.44. The van der Waals surface area contributed by atoms with Crippen LogP contribution in [0.15, 0.2) is 12.1 Å². The van der Waals surface area contributed by atoms with Crippen LogP contribution in [-0.4, -0.2) is 38.8 Å². The van der Waals surface area contributed by atoms with Gasteiger partial charge in [-0.1, -0.05) is 0 Å². The van der Waals surface area contributed by atoms with Crippen molar-refractivity contribution in [3.05, 3.63) is 46.8 Å². The lowest BCUT2D eigenvalue weighted by Gasteiger charge is -2.44. The zero-order valence-corrected chi connectivity index (χ0v) is 17.2. The van der Waals surface area contributed by atoms with E-state index >= 15 is 0 Å². The maximum atomic E-state index is 14.4. The van der Waals surface area contributed by atoms with E-state index in [0.717, 1.165) is 10.6 Å². The van der Waals surface area contributed by atoms with Crippen LogP contribution in [0.4, 0.5) is 26.3 Å². The molecular formula is C19H22ClF6N5. The second kappa shape index (κ2) is 8.59. The molecule has 0 spiro atoms. The third-order valence-corrected chi connectivity index (χ3v) is 6.44. The Kier molecular flexibility index (Phi) is 6.60. The van der Waals surface area contributed by atoms with Crippen LogP contribution in [0.1, 0.15) is 42.9 Å². The summed E-state index contributed by atoms with van der Waals surface area (Å²) in [5.74, 6) is -3.90. The molecule has 1 saturated carbocycles. The van der Waals surface area contributed by atoms with Gasteiger partial charge in [0.15, 0.2) is 11.6 Å². The van der Waals surface area contributed by atoms with E-state index in [2.05, 4.69) is 10.2 Å². The first kappa shape index (κ1) is 23.8. The molecule has 172 valence electrons. The van der Waals surface area contributed by atoms with Crippen molar-refractivity contribution < 1.29 is 26.3 Å². The van der Waals surface area contributed by atoms with Crippen molar-refractivity contribution in [3.63, 3.8) is 0 Å². The van der Waals surface area contributed by atoms with E-state index < -0.39 is 34.9 Å². The summed E-state index contributed by atoms with van der Waals surface area (Å²) in [6, 6.07) is 1.49. The molecule has 0 bridgehead atoms. The number of rotatable bonds is 3. The highest BCUT2D eigenvalue weighted by Crippen LogP contribution is 2.42. The van der Waals surface area contributed by atoms with Crippen LogP contribution >= 0.6 is 12.4 Å². The first-order chi connectivity index (χ1) is 14.1. The van der Waals surface area contributed by atoms with Gasteiger partial charge in [-0.25, -0.2) is 13.2 Å². The number of fused-ring (bicyclic) bond motifs is 1. The fourth-order valence-electron chi connectivity index (χ4n) is 4.73. The maximum absolute atomic E-state index is 14.4. The monoisotopic (exact) mass is 469 g/mol. The quantitative estimate of drug-likeness (QED) is 0.549. The van der Waals surface area contributed by atoms with Gasteiger partial charge in [0.25, 0.3) is 0 Å². The summed E-state index contributed by atoms with van der Waals surface area (Å²) in [7, 11) is 0. The summed E-state index contributed by atoms with van der Waals surface area (Å²) in [4.78, 5) is 2.05. The van der Waals surface area contributed by atoms with Crippen molar-refractivity contribution >= 4 is 12.4 Å². The van der Waals surface area contributed by atoms with Gasteiger partial charge < -0.3 is 10.3 Å². The molecule has 1 aromatic heterocycles. The van der Waals surface area contributed by atoms with E-state index in [-0.39, 0.29) is 49.5 Å². The number of hydrogen-bond acceptors (Lipinski definition) is 4.